The molecule has 1 amide bonds. The molecule has 0 aliphatic carbocycles. The standard InChI is InChI=1S/C11H21N3O2/c1-12-11(15)10-8-13-4-5-14(10)9-2-6-16-7-3-9/h9-10,13H,2-8H2,1H3,(H,12,15). The second kappa shape index (κ2) is 5.61. The van der Waals surface area contributed by atoms with Crippen LogP contribution in [0.15, 0.2) is 0 Å². The minimum atomic E-state index is -0.0122. The average molecular weight is 227 g/mol. The Bertz CT molecular complexity index is 241. The molecule has 2 aliphatic rings. The first-order valence-corrected chi connectivity index (χ1v) is 6.08. The molecule has 16 heavy (non-hydrogen) atoms. The number of amides is 1. The summed E-state index contributed by atoms with van der Waals surface area (Å²) >= 11 is 0. The fourth-order valence-electron chi connectivity index (χ4n) is 2.58. The van der Waals surface area contributed by atoms with Gasteiger partial charge in [0.1, 0.15) is 6.04 Å². The third-order valence-corrected chi connectivity index (χ3v) is 3.49. The van der Waals surface area contributed by atoms with Gasteiger partial charge in [0, 0.05) is 45.9 Å². The zero-order valence-electron chi connectivity index (χ0n) is 9.87. The summed E-state index contributed by atoms with van der Waals surface area (Å²) in [7, 11) is 1.71. The monoisotopic (exact) mass is 227 g/mol. The van der Waals surface area contributed by atoms with E-state index in [0.29, 0.717) is 6.04 Å². The third-order valence-electron chi connectivity index (χ3n) is 3.49. The maximum atomic E-state index is 11.8. The number of piperazine rings is 1. The van der Waals surface area contributed by atoms with Crippen molar-refractivity contribution in [1.82, 2.24) is 15.5 Å². The number of nitrogens with one attached hydrogen (secondary N) is 2. The molecule has 2 heterocycles. The zero-order chi connectivity index (χ0) is 11.4. The van der Waals surface area contributed by atoms with Gasteiger partial charge in [0.25, 0.3) is 0 Å². The van der Waals surface area contributed by atoms with Crippen molar-refractivity contribution in [3.8, 4) is 0 Å². The van der Waals surface area contributed by atoms with E-state index in [2.05, 4.69) is 15.5 Å². The van der Waals surface area contributed by atoms with Gasteiger partial charge in [-0.15, -0.1) is 0 Å². The molecule has 1 atom stereocenters. The Balaban J connectivity index is 2.00. The molecule has 0 aromatic rings. The van der Waals surface area contributed by atoms with Gasteiger partial charge in [-0.05, 0) is 12.8 Å². The molecular weight excluding hydrogens is 206 g/mol. The molecule has 5 heteroatoms. The Morgan fingerprint density at radius 3 is 2.88 bits per heavy atom. The summed E-state index contributed by atoms with van der Waals surface area (Å²) < 4.78 is 5.37. The lowest BCUT2D eigenvalue weighted by Crippen LogP contribution is -2.61. The lowest BCUT2D eigenvalue weighted by molar-refractivity contribution is -0.128. The van der Waals surface area contributed by atoms with Crippen LogP contribution < -0.4 is 10.6 Å². The number of hydrogen-bond acceptors (Lipinski definition) is 4. The van der Waals surface area contributed by atoms with Gasteiger partial charge in [-0.25, -0.2) is 0 Å². The van der Waals surface area contributed by atoms with E-state index in [1.165, 1.54) is 0 Å². The van der Waals surface area contributed by atoms with Gasteiger partial charge in [0.2, 0.25) is 5.91 Å². The molecule has 92 valence electrons. The molecule has 0 aromatic carbocycles. The number of ether oxygens (including phenoxy) is 1. The largest absolute Gasteiger partial charge is 0.381 e. The Morgan fingerprint density at radius 1 is 1.44 bits per heavy atom. The van der Waals surface area contributed by atoms with Gasteiger partial charge >= 0.3 is 0 Å². The number of nitrogens with zero attached hydrogens (tertiary/aromatic N) is 1. The minimum absolute atomic E-state index is 0.0122. The summed E-state index contributed by atoms with van der Waals surface area (Å²) in [6.45, 7) is 4.36. The van der Waals surface area contributed by atoms with Crippen LogP contribution in [0.5, 0.6) is 0 Å². The predicted molar refractivity (Wildman–Crippen MR) is 61.3 cm³/mol. The van der Waals surface area contributed by atoms with Crippen LogP contribution >= 0.6 is 0 Å². The molecule has 0 saturated carbocycles. The molecule has 0 aromatic heterocycles. The zero-order valence-corrected chi connectivity index (χ0v) is 9.87. The second-order valence-corrected chi connectivity index (χ2v) is 4.42. The van der Waals surface area contributed by atoms with Crippen LogP contribution in [-0.4, -0.2) is 62.8 Å². The van der Waals surface area contributed by atoms with Crippen molar-refractivity contribution in [2.45, 2.75) is 24.9 Å². The second-order valence-electron chi connectivity index (χ2n) is 4.42. The SMILES string of the molecule is CNC(=O)C1CNCCN1C1CCOCC1. The first-order chi connectivity index (χ1) is 7.83. The minimum Gasteiger partial charge on any atom is -0.381 e. The van der Waals surface area contributed by atoms with E-state index in [1.54, 1.807) is 7.05 Å². The van der Waals surface area contributed by atoms with E-state index in [-0.39, 0.29) is 11.9 Å². The van der Waals surface area contributed by atoms with Crippen LogP contribution in [0.1, 0.15) is 12.8 Å². The number of rotatable bonds is 2. The van der Waals surface area contributed by atoms with Crippen LogP contribution in [0.2, 0.25) is 0 Å². The van der Waals surface area contributed by atoms with Gasteiger partial charge < -0.3 is 15.4 Å². The highest BCUT2D eigenvalue weighted by Crippen LogP contribution is 2.18. The topological polar surface area (TPSA) is 53.6 Å². The summed E-state index contributed by atoms with van der Waals surface area (Å²) in [6, 6.07) is 0.500. The number of carbonyl (C=O) groups excluding carboxylic acids is 1. The fraction of sp³-hybridized carbons (Fsp3) is 0.909. The fourth-order valence-corrected chi connectivity index (χ4v) is 2.58. The molecule has 2 aliphatic heterocycles. The van der Waals surface area contributed by atoms with E-state index in [9.17, 15) is 4.79 Å². The lowest BCUT2D eigenvalue weighted by atomic mass is 10.0. The van der Waals surface area contributed by atoms with Crippen LogP contribution in [0.3, 0.4) is 0 Å². The summed E-state index contributed by atoms with van der Waals surface area (Å²) in [4.78, 5) is 14.1. The first kappa shape index (κ1) is 11.8. The molecular formula is C11H21N3O2. The van der Waals surface area contributed by atoms with Gasteiger partial charge in [0.15, 0.2) is 0 Å². The molecule has 2 N–H and O–H groups in total. The highest BCUT2D eigenvalue weighted by molar-refractivity contribution is 5.81. The maximum absolute atomic E-state index is 11.8. The van der Waals surface area contributed by atoms with Crippen molar-refractivity contribution < 1.29 is 9.53 Å². The number of hydrogen-bond donors (Lipinski definition) is 2. The third kappa shape index (κ3) is 2.53. The molecule has 2 saturated heterocycles. The maximum Gasteiger partial charge on any atom is 0.238 e. The van der Waals surface area contributed by atoms with E-state index in [0.717, 1.165) is 45.7 Å². The van der Waals surface area contributed by atoms with Crippen molar-refractivity contribution in [2.75, 3.05) is 39.9 Å². The van der Waals surface area contributed by atoms with Gasteiger partial charge in [-0.1, -0.05) is 0 Å². The van der Waals surface area contributed by atoms with E-state index < -0.39 is 0 Å². The summed E-state index contributed by atoms with van der Waals surface area (Å²) in [5.41, 5.74) is 0. The first-order valence-electron chi connectivity index (χ1n) is 6.08. The Morgan fingerprint density at radius 2 is 2.19 bits per heavy atom. The van der Waals surface area contributed by atoms with Crippen molar-refractivity contribution in [2.24, 2.45) is 0 Å². The normalized spacial score (nSPS) is 28.9. The van der Waals surface area contributed by atoms with Crippen LogP contribution in [-0.2, 0) is 9.53 Å². The number of likely N-dealkylation sites (N-methyl/N-ethyl adjacent to an activating group) is 1. The lowest BCUT2D eigenvalue weighted by Gasteiger charge is -2.41. The summed E-state index contributed by atoms with van der Waals surface area (Å²) in [6.07, 6.45) is 2.10. The Kier molecular flexibility index (Phi) is 4.15. The Labute approximate surface area is 96.5 Å². The molecule has 2 rings (SSSR count). The van der Waals surface area contributed by atoms with Crippen molar-refractivity contribution in [3.63, 3.8) is 0 Å². The predicted octanol–water partition coefficient (Wildman–Crippen LogP) is -0.815. The summed E-state index contributed by atoms with van der Waals surface area (Å²) in [5.74, 6) is 0.124. The van der Waals surface area contributed by atoms with E-state index in [4.69, 9.17) is 4.74 Å². The Hall–Kier alpha value is -0.650. The quantitative estimate of drug-likeness (QED) is 0.647. The van der Waals surface area contributed by atoms with Gasteiger partial charge in [-0.3, -0.25) is 9.69 Å². The highest BCUT2D eigenvalue weighted by Gasteiger charge is 2.33. The van der Waals surface area contributed by atoms with Crippen LogP contribution in [0.25, 0.3) is 0 Å². The van der Waals surface area contributed by atoms with Crippen molar-refractivity contribution in [3.05, 3.63) is 0 Å². The molecule has 0 radical (unpaired) electrons. The number of carbonyl (C=O) groups is 1. The van der Waals surface area contributed by atoms with Crippen molar-refractivity contribution >= 4 is 5.91 Å². The van der Waals surface area contributed by atoms with Crippen LogP contribution in [0, 0.1) is 0 Å². The average Bonchev–Trinajstić information content (AvgIpc) is 2.39. The molecule has 2 fully saturated rings. The van der Waals surface area contributed by atoms with Gasteiger partial charge in [-0.2, -0.15) is 0 Å². The van der Waals surface area contributed by atoms with E-state index >= 15 is 0 Å². The summed E-state index contributed by atoms with van der Waals surface area (Å²) in [5, 5.41) is 6.04. The van der Waals surface area contributed by atoms with E-state index in [1.807, 2.05) is 0 Å². The molecule has 1 unspecified atom stereocenters. The van der Waals surface area contributed by atoms with Gasteiger partial charge in [0.05, 0.1) is 0 Å². The van der Waals surface area contributed by atoms with Crippen molar-refractivity contribution in [1.29, 1.82) is 0 Å². The smallest absolute Gasteiger partial charge is 0.238 e. The molecule has 0 bridgehead atoms. The van der Waals surface area contributed by atoms with Crippen LogP contribution in [0.4, 0.5) is 0 Å². The molecule has 0 spiro atoms. The highest BCUT2D eigenvalue weighted by atomic mass is 16.5. The molecule has 5 nitrogen and oxygen atoms in total.